The molecule has 0 saturated heterocycles. The van der Waals surface area contributed by atoms with Gasteiger partial charge in [0, 0.05) is 4.88 Å². The lowest BCUT2D eigenvalue weighted by atomic mass is 9.89. The molecule has 154 valence electrons. The number of fused-ring (bicyclic) bond motifs is 3. The van der Waals surface area contributed by atoms with Crippen molar-refractivity contribution in [2.45, 2.75) is 44.0 Å². The number of benzene rings is 1. The van der Waals surface area contributed by atoms with E-state index in [0.29, 0.717) is 33.9 Å². The van der Waals surface area contributed by atoms with E-state index in [2.05, 4.69) is 17.1 Å². The van der Waals surface area contributed by atoms with Crippen molar-refractivity contribution in [1.29, 1.82) is 0 Å². The lowest BCUT2D eigenvalue weighted by Gasteiger charge is -2.17. The Kier molecular flexibility index (Phi) is 4.94. The van der Waals surface area contributed by atoms with Crippen LogP contribution in [0.5, 0.6) is 0 Å². The number of thioether (sulfide) groups is 1. The number of halogens is 1. The van der Waals surface area contributed by atoms with E-state index < -0.39 is 5.82 Å². The highest BCUT2D eigenvalue weighted by molar-refractivity contribution is 7.98. The van der Waals surface area contributed by atoms with Crippen LogP contribution in [-0.2, 0) is 18.6 Å². The normalized spacial score (nSPS) is 16.2. The second-order valence-corrected chi connectivity index (χ2v) is 9.57. The van der Waals surface area contributed by atoms with Gasteiger partial charge in [0.25, 0.3) is 5.56 Å². The van der Waals surface area contributed by atoms with E-state index >= 15 is 0 Å². The molecule has 30 heavy (non-hydrogen) atoms. The van der Waals surface area contributed by atoms with Gasteiger partial charge in [0.1, 0.15) is 10.6 Å². The summed E-state index contributed by atoms with van der Waals surface area (Å²) < 4.78 is 21.3. The largest absolute Gasteiger partial charge is 0.338 e. The van der Waals surface area contributed by atoms with Crippen molar-refractivity contribution in [3.8, 4) is 5.69 Å². The van der Waals surface area contributed by atoms with Gasteiger partial charge in [0.05, 0.1) is 16.8 Å². The zero-order chi connectivity index (χ0) is 20.8. The number of hydrogen-bond acceptors (Lipinski definition) is 7. The van der Waals surface area contributed by atoms with Gasteiger partial charge in [0.15, 0.2) is 11.0 Å². The molecule has 0 fully saturated rings. The summed E-state index contributed by atoms with van der Waals surface area (Å²) in [4.78, 5) is 24.6. The first kappa shape index (κ1) is 19.4. The molecule has 0 N–H and O–H groups in total. The van der Waals surface area contributed by atoms with Crippen LogP contribution in [0.2, 0.25) is 0 Å². The molecule has 0 radical (unpaired) electrons. The van der Waals surface area contributed by atoms with E-state index in [1.54, 1.807) is 36.5 Å². The third kappa shape index (κ3) is 3.35. The van der Waals surface area contributed by atoms with Gasteiger partial charge in [-0.15, -0.1) is 11.3 Å². The lowest BCUT2D eigenvalue weighted by molar-refractivity contribution is 0.387. The molecule has 0 aliphatic heterocycles. The first-order valence-electron chi connectivity index (χ1n) is 9.75. The smallest absolute Gasteiger partial charge is 0.267 e. The molecule has 4 aromatic rings. The quantitative estimate of drug-likeness (QED) is 0.337. The minimum absolute atomic E-state index is 0.199. The fraction of sp³-hybridized carbons (Fsp3) is 0.333. The average Bonchev–Trinajstić information content (AvgIpc) is 3.29. The molecular formula is C21H19FN4O2S2. The van der Waals surface area contributed by atoms with Crippen LogP contribution in [0.1, 0.15) is 35.5 Å². The summed E-state index contributed by atoms with van der Waals surface area (Å²) in [6.45, 7) is 3.97. The fourth-order valence-corrected chi connectivity index (χ4v) is 6.11. The van der Waals surface area contributed by atoms with Crippen molar-refractivity contribution in [2.24, 2.45) is 5.92 Å². The molecule has 1 unspecified atom stereocenters. The van der Waals surface area contributed by atoms with Crippen molar-refractivity contribution in [2.75, 3.05) is 0 Å². The lowest BCUT2D eigenvalue weighted by Crippen LogP contribution is -2.23. The third-order valence-electron chi connectivity index (χ3n) is 5.29. The van der Waals surface area contributed by atoms with Crippen LogP contribution < -0.4 is 5.56 Å². The Hall–Kier alpha value is -2.52. The van der Waals surface area contributed by atoms with Gasteiger partial charge < -0.3 is 4.52 Å². The summed E-state index contributed by atoms with van der Waals surface area (Å²) in [6.07, 6.45) is 2.86. The molecule has 5 rings (SSSR count). The number of rotatable bonds is 4. The minimum atomic E-state index is -0.464. The van der Waals surface area contributed by atoms with E-state index in [9.17, 15) is 9.18 Å². The van der Waals surface area contributed by atoms with Crippen molar-refractivity contribution in [3.05, 3.63) is 62.6 Å². The molecule has 9 heteroatoms. The molecule has 1 aromatic carbocycles. The molecule has 0 bridgehead atoms. The van der Waals surface area contributed by atoms with E-state index in [1.807, 2.05) is 0 Å². The van der Waals surface area contributed by atoms with Crippen molar-refractivity contribution in [1.82, 2.24) is 19.7 Å². The highest BCUT2D eigenvalue weighted by atomic mass is 32.2. The van der Waals surface area contributed by atoms with Crippen LogP contribution >= 0.6 is 23.1 Å². The van der Waals surface area contributed by atoms with Gasteiger partial charge in [-0.1, -0.05) is 36.0 Å². The van der Waals surface area contributed by atoms with Crippen LogP contribution in [0.4, 0.5) is 4.39 Å². The summed E-state index contributed by atoms with van der Waals surface area (Å²) in [5, 5.41) is 4.84. The zero-order valence-corrected chi connectivity index (χ0v) is 18.1. The predicted molar refractivity (Wildman–Crippen MR) is 115 cm³/mol. The van der Waals surface area contributed by atoms with Crippen LogP contribution in [0.25, 0.3) is 15.9 Å². The molecule has 1 aliphatic rings. The number of aromatic nitrogens is 4. The predicted octanol–water partition coefficient (Wildman–Crippen LogP) is 4.69. The maximum absolute atomic E-state index is 14.7. The number of nitrogens with zero attached hydrogens (tertiary/aromatic N) is 4. The van der Waals surface area contributed by atoms with Crippen molar-refractivity contribution in [3.63, 3.8) is 0 Å². The highest BCUT2D eigenvalue weighted by Gasteiger charge is 2.26. The highest BCUT2D eigenvalue weighted by Crippen LogP contribution is 2.37. The topological polar surface area (TPSA) is 73.8 Å². The maximum atomic E-state index is 14.7. The maximum Gasteiger partial charge on any atom is 0.267 e. The standard InChI is InChI=1S/C21H19FN4O2S2/c1-11-7-8-13-16(9-11)30-19-18(13)20(27)26(15-6-4-3-5-14(15)22)21(24-19)29-10-17-23-12(2)25-28-17/h3-6,11H,7-10H2,1-2H3. The molecule has 0 spiro atoms. The van der Waals surface area contributed by atoms with E-state index in [0.717, 1.165) is 29.7 Å². The first-order chi connectivity index (χ1) is 14.5. The summed E-state index contributed by atoms with van der Waals surface area (Å²) in [7, 11) is 0. The van der Waals surface area contributed by atoms with Crippen LogP contribution in [0.15, 0.2) is 38.7 Å². The monoisotopic (exact) mass is 442 g/mol. The summed E-state index contributed by atoms with van der Waals surface area (Å²) in [5.41, 5.74) is 1.06. The molecule has 1 aliphatic carbocycles. The summed E-state index contributed by atoms with van der Waals surface area (Å²) >= 11 is 2.87. The molecule has 1 atom stereocenters. The Bertz CT molecular complexity index is 1310. The van der Waals surface area contributed by atoms with Gasteiger partial charge in [0.2, 0.25) is 5.89 Å². The number of hydrogen-bond donors (Lipinski definition) is 0. The second-order valence-electron chi connectivity index (χ2n) is 7.54. The van der Waals surface area contributed by atoms with Gasteiger partial charge in [-0.2, -0.15) is 4.98 Å². The van der Waals surface area contributed by atoms with Gasteiger partial charge in [-0.3, -0.25) is 9.36 Å². The van der Waals surface area contributed by atoms with Gasteiger partial charge in [-0.05, 0) is 49.8 Å². The van der Waals surface area contributed by atoms with Gasteiger partial charge >= 0.3 is 0 Å². The molecular weight excluding hydrogens is 423 g/mol. The van der Waals surface area contributed by atoms with E-state index in [1.165, 1.54) is 27.3 Å². The first-order valence-corrected chi connectivity index (χ1v) is 11.6. The fourth-order valence-electron chi connectivity index (χ4n) is 3.84. The number of para-hydroxylation sites is 1. The van der Waals surface area contributed by atoms with Crippen LogP contribution in [0, 0.1) is 18.7 Å². The molecule has 3 aromatic heterocycles. The molecule has 3 heterocycles. The summed E-state index contributed by atoms with van der Waals surface area (Å²) in [6, 6.07) is 6.28. The Morgan fingerprint density at radius 1 is 1.33 bits per heavy atom. The van der Waals surface area contributed by atoms with Crippen LogP contribution in [-0.4, -0.2) is 19.7 Å². The van der Waals surface area contributed by atoms with Gasteiger partial charge in [-0.25, -0.2) is 9.37 Å². The van der Waals surface area contributed by atoms with E-state index in [4.69, 9.17) is 9.51 Å². The molecule has 0 saturated carbocycles. The third-order valence-corrected chi connectivity index (χ3v) is 7.36. The van der Waals surface area contributed by atoms with Crippen molar-refractivity contribution >= 4 is 33.3 Å². The summed E-state index contributed by atoms with van der Waals surface area (Å²) in [5.74, 6) is 1.45. The minimum Gasteiger partial charge on any atom is -0.338 e. The van der Waals surface area contributed by atoms with Crippen LogP contribution in [0.3, 0.4) is 0 Å². The molecule has 0 amide bonds. The average molecular weight is 443 g/mol. The Balaban J connectivity index is 1.69. The second kappa shape index (κ2) is 7.63. The molecule has 6 nitrogen and oxygen atoms in total. The number of thiophene rings is 1. The Morgan fingerprint density at radius 2 is 2.17 bits per heavy atom. The SMILES string of the molecule is Cc1noc(CSc2nc3sc4c(c3c(=O)n2-c2ccccc2F)CCC(C)C4)n1. The number of aryl methyl sites for hydroxylation is 2. The van der Waals surface area contributed by atoms with Crippen molar-refractivity contribution < 1.29 is 8.91 Å². The zero-order valence-electron chi connectivity index (χ0n) is 16.5. The van der Waals surface area contributed by atoms with E-state index in [-0.39, 0.29) is 11.2 Å². The Morgan fingerprint density at radius 3 is 2.93 bits per heavy atom. The Labute approximate surface area is 180 Å².